The van der Waals surface area contributed by atoms with Crippen LogP contribution in [-0.2, 0) is 4.79 Å². The van der Waals surface area contributed by atoms with Crippen LogP contribution in [0.3, 0.4) is 0 Å². The van der Waals surface area contributed by atoms with E-state index in [0.717, 1.165) is 0 Å². The van der Waals surface area contributed by atoms with Gasteiger partial charge in [-0.1, -0.05) is 12.1 Å². The number of carbonyl (C=O) groups is 2. The van der Waals surface area contributed by atoms with Crippen LogP contribution < -0.4 is 4.74 Å². The molecule has 8 heteroatoms. The summed E-state index contributed by atoms with van der Waals surface area (Å²) in [4.78, 5) is 24.9. The summed E-state index contributed by atoms with van der Waals surface area (Å²) in [6.07, 6.45) is 0. The van der Waals surface area contributed by atoms with E-state index in [-0.39, 0.29) is 22.4 Å². The number of rotatable bonds is 4. The topological polar surface area (TPSA) is 66.8 Å². The van der Waals surface area contributed by atoms with Crippen LogP contribution in [0.2, 0.25) is 0 Å². The number of hydrogen-bond donors (Lipinski definition) is 1. The second-order valence-electron chi connectivity index (χ2n) is 4.37. The molecular formula is C13H13F2NO4S. The molecule has 1 saturated heterocycles. The Morgan fingerprint density at radius 3 is 2.71 bits per heavy atom. The normalized spacial score (nSPS) is 21.6. The Balaban J connectivity index is 2.33. The van der Waals surface area contributed by atoms with Crippen LogP contribution in [-0.4, -0.2) is 45.7 Å². The van der Waals surface area contributed by atoms with Crippen molar-refractivity contribution in [3.63, 3.8) is 0 Å². The zero-order valence-corrected chi connectivity index (χ0v) is 11.8. The van der Waals surface area contributed by atoms with E-state index in [0.29, 0.717) is 0 Å². The Morgan fingerprint density at radius 2 is 2.10 bits per heavy atom. The summed E-state index contributed by atoms with van der Waals surface area (Å²) in [6, 6.07) is 4.59. The number of aliphatic carboxylic acids is 1. The Hall–Kier alpha value is -1.83. The molecule has 0 spiro atoms. The van der Waals surface area contributed by atoms with Gasteiger partial charge in [-0.05, 0) is 19.1 Å². The monoisotopic (exact) mass is 317 g/mol. The van der Waals surface area contributed by atoms with Crippen molar-refractivity contribution in [2.75, 3.05) is 5.75 Å². The minimum Gasteiger partial charge on any atom is -0.480 e. The zero-order valence-electron chi connectivity index (χ0n) is 11.0. The highest BCUT2D eigenvalue weighted by atomic mass is 32.2. The van der Waals surface area contributed by atoms with E-state index >= 15 is 0 Å². The van der Waals surface area contributed by atoms with Crippen molar-refractivity contribution in [1.29, 1.82) is 0 Å². The van der Waals surface area contributed by atoms with Gasteiger partial charge in [-0.2, -0.15) is 8.78 Å². The van der Waals surface area contributed by atoms with Gasteiger partial charge in [-0.15, -0.1) is 11.8 Å². The molecule has 21 heavy (non-hydrogen) atoms. The van der Waals surface area contributed by atoms with Crippen LogP contribution in [0.25, 0.3) is 0 Å². The Labute approximate surface area is 123 Å². The third-order valence-electron chi connectivity index (χ3n) is 3.08. The van der Waals surface area contributed by atoms with Crippen molar-refractivity contribution in [2.45, 2.75) is 25.0 Å². The number of carbonyl (C=O) groups excluding carboxylic acids is 1. The first-order chi connectivity index (χ1) is 9.91. The van der Waals surface area contributed by atoms with Crippen LogP contribution in [0.1, 0.15) is 17.3 Å². The van der Waals surface area contributed by atoms with Gasteiger partial charge in [0.15, 0.2) is 0 Å². The second kappa shape index (κ2) is 6.30. The number of carboxylic acid groups (broad SMARTS) is 1. The fraction of sp³-hybridized carbons (Fsp3) is 0.385. The number of benzene rings is 1. The van der Waals surface area contributed by atoms with Crippen LogP contribution >= 0.6 is 11.8 Å². The molecule has 114 valence electrons. The molecule has 1 aromatic rings. The van der Waals surface area contributed by atoms with Gasteiger partial charge in [0.1, 0.15) is 11.8 Å². The molecule has 2 atom stereocenters. The standard InChI is InChI=1S/C13H13F2NO4S/c1-7-16(9(6-21-7)12(18)19)11(17)8-4-2-3-5-10(8)20-13(14)15/h2-5,7,9,13H,6H2,1H3,(H,18,19). The fourth-order valence-electron chi connectivity index (χ4n) is 2.12. The van der Waals surface area contributed by atoms with E-state index in [1.54, 1.807) is 6.92 Å². The van der Waals surface area contributed by atoms with E-state index in [1.165, 1.54) is 40.9 Å². The minimum atomic E-state index is -3.06. The number of carboxylic acids is 1. The molecule has 5 nitrogen and oxygen atoms in total. The zero-order chi connectivity index (χ0) is 15.6. The fourth-order valence-corrected chi connectivity index (χ4v) is 3.29. The quantitative estimate of drug-likeness (QED) is 0.923. The Bertz CT molecular complexity index is 555. The highest BCUT2D eigenvalue weighted by Gasteiger charge is 2.40. The van der Waals surface area contributed by atoms with Gasteiger partial charge in [0, 0.05) is 5.75 Å². The van der Waals surface area contributed by atoms with Gasteiger partial charge in [0.25, 0.3) is 5.91 Å². The van der Waals surface area contributed by atoms with E-state index < -0.39 is 24.5 Å². The molecule has 2 rings (SSSR count). The van der Waals surface area contributed by atoms with E-state index in [9.17, 15) is 18.4 Å². The van der Waals surface area contributed by atoms with Crippen molar-refractivity contribution < 1.29 is 28.2 Å². The largest absolute Gasteiger partial charge is 0.480 e. The minimum absolute atomic E-state index is 0.0709. The molecule has 0 bridgehead atoms. The van der Waals surface area contributed by atoms with Gasteiger partial charge in [-0.25, -0.2) is 4.79 Å². The SMILES string of the molecule is CC1SCC(C(=O)O)N1C(=O)c1ccccc1OC(F)F. The first-order valence-corrected chi connectivity index (χ1v) is 7.17. The number of alkyl halides is 2. The molecule has 0 radical (unpaired) electrons. The summed E-state index contributed by atoms with van der Waals surface area (Å²) in [5.74, 6) is -1.74. The number of ether oxygens (including phenoxy) is 1. The molecule has 1 fully saturated rings. The maximum atomic E-state index is 12.5. The summed E-state index contributed by atoms with van der Waals surface area (Å²) in [6.45, 7) is -1.36. The predicted molar refractivity (Wildman–Crippen MR) is 72.6 cm³/mol. The average molecular weight is 317 g/mol. The van der Waals surface area contributed by atoms with Crippen LogP contribution in [0, 0.1) is 0 Å². The highest BCUT2D eigenvalue weighted by Crippen LogP contribution is 2.32. The van der Waals surface area contributed by atoms with Crippen molar-refractivity contribution in [3.05, 3.63) is 29.8 Å². The number of amides is 1. The van der Waals surface area contributed by atoms with Gasteiger partial charge < -0.3 is 14.7 Å². The molecule has 1 amide bonds. The van der Waals surface area contributed by atoms with Gasteiger partial charge in [0.05, 0.1) is 10.9 Å². The molecule has 2 unspecified atom stereocenters. The summed E-state index contributed by atoms with van der Waals surface area (Å²) in [5, 5.41) is 8.80. The summed E-state index contributed by atoms with van der Waals surface area (Å²) >= 11 is 1.32. The van der Waals surface area contributed by atoms with Gasteiger partial charge >= 0.3 is 12.6 Å². The van der Waals surface area contributed by atoms with Crippen molar-refractivity contribution in [2.24, 2.45) is 0 Å². The smallest absolute Gasteiger partial charge is 0.387 e. The molecule has 1 aliphatic heterocycles. The lowest BCUT2D eigenvalue weighted by molar-refractivity contribution is -0.141. The molecule has 1 N–H and O–H groups in total. The second-order valence-corrected chi connectivity index (χ2v) is 5.72. The predicted octanol–water partition coefficient (Wildman–Crippen LogP) is 2.28. The molecular weight excluding hydrogens is 304 g/mol. The Morgan fingerprint density at radius 1 is 1.43 bits per heavy atom. The van der Waals surface area contributed by atoms with Crippen molar-refractivity contribution >= 4 is 23.6 Å². The average Bonchev–Trinajstić information content (AvgIpc) is 2.80. The van der Waals surface area contributed by atoms with E-state index in [4.69, 9.17) is 5.11 Å². The number of halogens is 2. The van der Waals surface area contributed by atoms with Crippen molar-refractivity contribution in [1.82, 2.24) is 4.90 Å². The van der Waals surface area contributed by atoms with Crippen LogP contribution in [0.4, 0.5) is 8.78 Å². The Kier molecular flexibility index (Phi) is 4.66. The maximum Gasteiger partial charge on any atom is 0.387 e. The molecule has 0 aliphatic carbocycles. The van der Waals surface area contributed by atoms with Gasteiger partial charge in [0.2, 0.25) is 0 Å². The molecule has 1 aromatic carbocycles. The molecule has 1 heterocycles. The summed E-state index contributed by atoms with van der Waals surface area (Å²) < 4.78 is 29.1. The van der Waals surface area contributed by atoms with Crippen molar-refractivity contribution in [3.8, 4) is 5.75 Å². The van der Waals surface area contributed by atoms with E-state index in [2.05, 4.69) is 4.74 Å². The maximum absolute atomic E-state index is 12.5. The van der Waals surface area contributed by atoms with Crippen LogP contribution in [0.5, 0.6) is 5.75 Å². The molecule has 1 aliphatic rings. The number of para-hydroxylation sites is 1. The highest BCUT2D eigenvalue weighted by molar-refractivity contribution is 8.00. The summed E-state index contributed by atoms with van der Waals surface area (Å²) in [5.41, 5.74) is -0.0709. The number of hydrogen-bond acceptors (Lipinski definition) is 4. The molecule has 0 aromatic heterocycles. The third-order valence-corrected chi connectivity index (χ3v) is 4.29. The first kappa shape index (κ1) is 15.6. The van der Waals surface area contributed by atoms with E-state index in [1.807, 2.05) is 0 Å². The van der Waals surface area contributed by atoms with Crippen LogP contribution in [0.15, 0.2) is 24.3 Å². The third kappa shape index (κ3) is 3.26. The number of nitrogens with zero attached hydrogens (tertiary/aromatic N) is 1. The number of thioether (sulfide) groups is 1. The lowest BCUT2D eigenvalue weighted by atomic mass is 10.1. The first-order valence-electron chi connectivity index (χ1n) is 6.12. The summed E-state index contributed by atoms with van der Waals surface area (Å²) in [7, 11) is 0. The van der Waals surface area contributed by atoms with Gasteiger partial charge in [-0.3, -0.25) is 4.79 Å². The molecule has 0 saturated carbocycles. The lowest BCUT2D eigenvalue weighted by Gasteiger charge is -2.25. The lowest BCUT2D eigenvalue weighted by Crippen LogP contribution is -2.44.